The van der Waals surface area contributed by atoms with Crippen LogP contribution in [0.5, 0.6) is 0 Å². The van der Waals surface area contributed by atoms with Crippen molar-refractivity contribution < 1.29 is 4.42 Å². The predicted molar refractivity (Wildman–Crippen MR) is 111 cm³/mol. The van der Waals surface area contributed by atoms with Gasteiger partial charge in [0.25, 0.3) is 0 Å². The Labute approximate surface area is 159 Å². The van der Waals surface area contributed by atoms with Crippen LogP contribution in [-0.2, 0) is 7.05 Å². The minimum Gasteiger partial charge on any atom is -0.455 e. The molecule has 26 heavy (non-hydrogen) atoms. The Morgan fingerprint density at radius 2 is 1.62 bits per heavy atom. The van der Waals surface area contributed by atoms with E-state index < -0.39 is 0 Å². The fourth-order valence-corrected chi connectivity index (χ4v) is 4.03. The van der Waals surface area contributed by atoms with E-state index in [9.17, 15) is 0 Å². The van der Waals surface area contributed by atoms with Crippen molar-refractivity contribution in [3.8, 4) is 22.5 Å². The Bertz CT molecular complexity index is 1250. The number of aromatic nitrogens is 1. The number of halogens is 1. The molecule has 0 spiro atoms. The number of rotatable bonds is 2. The maximum absolute atomic E-state index is 6.32. The first-order chi connectivity index (χ1) is 12.7. The van der Waals surface area contributed by atoms with Crippen molar-refractivity contribution in [1.29, 1.82) is 0 Å². The lowest BCUT2D eigenvalue weighted by molar-refractivity contribution is 0.632. The van der Waals surface area contributed by atoms with E-state index in [1.807, 2.05) is 30.3 Å². The molecule has 0 N–H and O–H groups in total. The highest BCUT2D eigenvalue weighted by atomic mass is 79.9. The quantitative estimate of drug-likeness (QED) is 0.310. The fraction of sp³-hybridized carbons (Fsp3) is 0.0435. The number of aryl methyl sites for hydroxylation is 1. The van der Waals surface area contributed by atoms with E-state index in [2.05, 4.69) is 76.2 Å². The molecular weight excluding hydrogens is 386 g/mol. The monoisotopic (exact) mass is 401 g/mol. The van der Waals surface area contributed by atoms with E-state index in [1.54, 1.807) is 0 Å². The Kier molecular flexibility index (Phi) is 3.50. The fourth-order valence-electron chi connectivity index (χ4n) is 3.67. The predicted octanol–water partition coefficient (Wildman–Crippen LogP) is 7.02. The first-order valence-corrected chi connectivity index (χ1v) is 9.33. The number of fused-ring (bicyclic) bond motifs is 2. The molecule has 0 saturated heterocycles. The van der Waals surface area contributed by atoms with Crippen LogP contribution >= 0.6 is 15.9 Å². The van der Waals surface area contributed by atoms with Gasteiger partial charge in [-0.3, -0.25) is 0 Å². The summed E-state index contributed by atoms with van der Waals surface area (Å²) in [5, 5.41) is 2.35. The largest absolute Gasteiger partial charge is 0.455 e. The van der Waals surface area contributed by atoms with Crippen molar-refractivity contribution in [3.63, 3.8) is 0 Å². The number of furan rings is 1. The third-order valence-electron chi connectivity index (χ3n) is 4.85. The van der Waals surface area contributed by atoms with E-state index in [4.69, 9.17) is 4.42 Å². The Morgan fingerprint density at radius 1 is 0.846 bits per heavy atom. The lowest BCUT2D eigenvalue weighted by Crippen LogP contribution is -1.82. The van der Waals surface area contributed by atoms with Gasteiger partial charge in [-0.25, -0.2) is 0 Å². The second kappa shape index (κ2) is 5.89. The normalized spacial score (nSPS) is 11.5. The van der Waals surface area contributed by atoms with Crippen LogP contribution in [0.1, 0.15) is 0 Å². The Hall–Kier alpha value is -2.78. The van der Waals surface area contributed by atoms with Crippen molar-refractivity contribution in [3.05, 3.63) is 83.5 Å². The molecule has 3 heteroatoms. The van der Waals surface area contributed by atoms with E-state index >= 15 is 0 Å². The topological polar surface area (TPSA) is 18.1 Å². The highest BCUT2D eigenvalue weighted by molar-refractivity contribution is 9.10. The Morgan fingerprint density at radius 3 is 2.46 bits per heavy atom. The molecule has 0 fully saturated rings. The molecule has 126 valence electrons. The SMILES string of the molecule is Cn1cc(-c2c(-c3ccccc3)oc3ccc(Br)cc23)c2ccccc21. The molecule has 0 aliphatic heterocycles. The first kappa shape index (κ1) is 15.5. The number of hydrogen-bond donors (Lipinski definition) is 0. The maximum atomic E-state index is 6.32. The second-order valence-corrected chi connectivity index (χ2v) is 7.40. The molecule has 0 radical (unpaired) electrons. The van der Waals surface area contributed by atoms with E-state index in [-0.39, 0.29) is 0 Å². The van der Waals surface area contributed by atoms with E-state index in [1.165, 1.54) is 16.5 Å². The molecule has 0 bridgehead atoms. The van der Waals surface area contributed by atoms with Gasteiger partial charge in [0.2, 0.25) is 0 Å². The summed E-state index contributed by atoms with van der Waals surface area (Å²) < 4.78 is 9.55. The van der Waals surface area contributed by atoms with Crippen molar-refractivity contribution in [2.75, 3.05) is 0 Å². The summed E-state index contributed by atoms with van der Waals surface area (Å²) in [7, 11) is 2.09. The number of benzene rings is 3. The van der Waals surface area contributed by atoms with Crippen LogP contribution in [0.2, 0.25) is 0 Å². The van der Waals surface area contributed by atoms with Crippen LogP contribution in [0.25, 0.3) is 44.3 Å². The summed E-state index contributed by atoms with van der Waals surface area (Å²) in [6.45, 7) is 0. The summed E-state index contributed by atoms with van der Waals surface area (Å²) in [4.78, 5) is 0. The number of para-hydroxylation sites is 1. The summed E-state index contributed by atoms with van der Waals surface area (Å²) >= 11 is 3.61. The van der Waals surface area contributed by atoms with E-state index in [0.29, 0.717) is 0 Å². The highest BCUT2D eigenvalue weighted by Crippen LogP contribution is 2.44. The average molecular weight is 402 g/mol. The average Bonchev–Trinajstić information content (AvgIpc) is 3.20. The van der Waals surface area contributed by atoms with Gasteiger partial charge in [0, 0.05) is 50.7 Å². The van der Waals surface area contributed by atoms with Gasteiger partial charge in [0.1, 0.15) is 11.3 Å². The molecule has 5 rings (SSSR count). The third-order valence-corrected chi connectivity index (χ3v) is 5.35. The summed E-state index contributed by atoms with van der Waals surface area (Å²) in [6.07, 6.45) is 2.20. The van der Waals surface area contributed by atoms with Crippen molar-refractivity contribution in [2.24, 2.45) is 7.05 Å². The van der Waals surface area contributed by atoms with Gasteiger partial charge in [0.15, 0.2) is 0 Å². The van der Waals surface area contributed by atoms with Crippen molar-refractivity contribution in [2.45, 2.75) is 0 Å². The summed E-state index contributed by atoms with van der Waals surface area (Å²) in [5.41, 5.74) is 5.53. The number of nitrogens with zero attached hydrogens (tertiary/aromatic N) is 1. The molecule has 0 unspecified atom stereocenters. The second-order valence-electron chi connectivity index (χ2n) is 6.48. The highest BCUT2D eigenvalue weighted by Gasteiger charge is 2.21. The molecule has 0 aliphatic rings. The third kappa shape index (κ3) is 2.31. The van der Waals surface area contributed by atoms with Gasteiger partial charge in [-0.05, 0) is 24.3 Å². The standard InChI is InChI=1S/C23H16BrNO/c1-25-14-19(17-9-5-6-10-20(17)25)22-18-13-16(24)11-12-21(18)26-23(22)15-7-3-2-4-8-15/h2-14H,1H3. The van der Waals surface area contributed by atoms with Gasteiger partial charge in [-0.2, -0.15) is 0 Å². The zero-order valence-corrected chi connectivity index (χ0v) is 15.8. The molecule has 0 amide bonds. The first-order valence-electron chi connectivity index (χ1n) is 8.54. The summed E-state index contributed by atoms with van der Waals surface area (Å²) in [5.74, 6) is 0.912. The smallest absolute Gasteiger partial charge is 0.143 e. The molecular formula is C23H16BrNO. The molecule has 0 saturated carbocycles. The molecule has 2 aromatic heterocycles. The Balaban J connectivity index is 1.93. The lowest BCUT2D eigenvalue weighted by Gasteiger charge is -2.03. The van der Waals surface area contributed by atoms with Crippen LogP contribution in [0, 0.1) is 0 Å². The molecule has 2 nitrogen and oxygen atoms in total. The van der Waals surface area contributed by atoms with Crippen LogP contribution < -0.4 is 0 Å². The zero-order valence-electron chi connectivity index (χ0n) is 14.2. The van der Waals surface area contributed by atoms with Crippen LogP contribution in [0.15, 0.2) is 87.9 Å². The van der Waals surface area contributed by atoms with Gasteiger partial charge in [-0.15, -0.1) is 0 Å². The molecule has 5 aromatic rings. The summed E-state index contributed by atoms with van der Waals surface area (Å²) in [6, 6.07) is 25.0. The van der Waals surface area contributed by atoms with Gasteiger partial charge < -0.3 is 8.98 Å². The van der Waals surface area contributed by atoms with Gasteiger partial charge in [-0.1, -0.05) is 64.5 Å². The zero-order chi connectivity index (χ0) is 17.7. The molecule has 2 heterocycles. The number of hydrogen-bond acceptors (Lipinski definition) is 1. The van der Waals surface area contributed by atoms with E-state index in [0.717, 1.165) is 32.3 Å². The van der Waals surface area contributed by atoms with Gasteiger partial charge >= 0.3 is 0 Å². The van der Waals surface area contributed by atoms with Gasteiger partial charge in [0.05, 0.1) is 0 Å². The minimum absolute atomic E-state index is 0.898. The van der Waals surface area contributed by atoms with Crippen LogP contribution in [-0.4, -0.2) is 4.57 Å². The molecule has 0 aliphatic carbocycles. The lowest BCUT2D eigenvalue weighted by atomic mass is 9.98. The molecule has 0 atom stereocenters. The van der Waals surface area contributed by atoms with Crippen LogP contribution in [0.4, 0.5) is 0 Å². The molecule has 3 aromatic carbocycles. The minimum atomic E-state index is 0.898. The van der Waals surface area contributed by atoms with Crippen LogP contribution in [0.3, 0.4) is 0 Å². The van der Waals surface area contributed by atoms with Crippen molar-refractivity contribution in [1.82, 2.24) is 4.57 Å². The van der Waals surface area contributed by atoms with Crippen molar-refractivity contribution >= 4 is 37.8 Å². The maximum Gasteiger partial charge on any atom is 0.143 e.